The molecule has 112 valence electrons. The van der Waals surface area contributed by atoms with Gasteiger partial charge in [-0.1, -0.05) is 25.7 Å². The van der Waals surface area contributed by atoms with Crippen LogP contribution < -0.4 is 10.1 Å². The van der Waals surface area contributed by atoms with Crippen molar-refractivity contribution in [2.24, 2.45) is 0 Å². The largest absolute Gasteiger partial charge is 0.478 e. The number of anilines is 1. The van der Waals surface area contributed by atoms with Gasteiger partial charge in [0, 0.05) is 12.6 Å². The first-order valence-corrected chi connectivity index (χ1v) is 7.56. The van der Waals surface area contributed by atoms with E-state index in [2.05, 4.69) is 15.3 Å². The van der Waals surface area contributed by atoms with E-state index < -0.39 is 5.60 Å². The van der Waals surface area contributed by atoms with Gasteiger partial charge in [-0.05, 0) is 26.7 Å². The monoisotopic (exact) mass is 279 g/mol. The van der Waals surface area contributed by atoms with E-state index in [1.165, 1.54) is 12.8 Å². The highest BCUT2D eigenvalue weighted by Gasteiger charge is 2.27. The van der Waals surface area contributed by atoms with Crippen molar-refractivity contribution in [3.8, 4) is 5.88 Å². The molecule has 2 N–H and O–H groups in total. The first-order valence-electron chi connectivity index (χ1n) is 7.56. The lowest BCUT2D eigenvalue weighted by atomic mass is 9.94. The van der Waals surface area contributed by atoms with Gasteiger partial charge in [-0.25, -0.2) is 4.98 Å². The van der Waals surface area contributed by atoms with Crippen molar-refractivity contribution in [2.45, 2.75) is 58.0 Å². The topological polar surface area (TPSA) is 67.3 Å². The van der Waals surface area contributed by atoms with Crippen LogP contribution in [0.1, 0.15) is 51.3 Å². The standard InChI is InChI=1S/C15H25N3O2/c1-3-20-14-10-13(17-12(2)18-14)16-11-15(19)8-6-4-5-7-9-15/h10,19H,3-9,11H2,1-2H3,(H,16,17,18). The lowest BCUT2D eigenvalue weighted by Crippen LogP contribution is -2.36. The average Bonchev–Trinajstić information content (AvgIpc) is 2.62. The predicted molar refractivity (Wildman–Crippen MR) is 79.1 cm³/mol. The van der Waals surface area contributed by atoms with Gasteiger partial charge in [-0.2, -0.15) is 4.98 Å². The number of aryl methyl sites for hydroxylation is 1. The van der Waals surface area contributed by atoms with Crippen LogP contribution in [0.25, 0.3) is 0 Å². The zero-order valence-electron chi connectivity index (χ0n) is 12.5. The molecule has 2 rings (SSSR count). The summed E-state index contributed by atoms with van der Waals surface area (Å²) in [6, 6.07) is 1.79. The second-order valence-electron chi connectivity index (χ2n) is 5.56. The van der Waals surface area contributed by atoms with Crippen LogP contribution in [0, 0.1) is 6.92 Å². The minimum atomic E-state index is -0.610. The van der Waals surface area contributed by atoms with E-state index >= 15 is 0 Å². The first-order chi connectivity index (χ1) is 9.61. The third-order valence-corrected chi connectivity index (χ3v) is 3.74. The molecule has 0 unspecified atom stereocenters. The Bertz CT molecular complexity index is 429. The summed E-state index contributed by atoms with van der Waals surface area (Å²) in [4.78, 5) is 8.56. The van der Waals surface area contributed by atoms with Gasteiger partial charge in [0.15, 0.2) is 0 Å². The number of aliphatic hydroxyl groups is 1. The lowest BCUT2D eigenvalue weighted by molar-refractivity contribution is 0.0380. The Labute approximate surface area is 120 Å². The zero-order valence-corrected chi connectivity index (χ0v) is 12.5. The Hall–Kier alpha value is -1.36. The van der Waals surface area contributed by atoms with Crippen molar-refractivity contribution in [3.05, 3.63) is 11.9 Å². The summed E-state index contributed by atoms with van der Waals surface area (Å²) >= 11 is 0. The minimum absolute atomic E-state index is 0.537. The van der Waals surface area contributed by atoms with Crippen molar-refractivity contribution < 1.29 is 9.84 Å². The van der Waals surface area contributed by atoms with Crippen LogP contribution in [0.15, 0.2) is 6.07 Å². The van der Waals surface area contributed by atoms with Crippen LogP contribution in [-0.2, 0) is 0 Å². The molecule has 5 nitrogen and oxygen atoms in total. The summed E-state index contributed by atoms with van der Waals surface area (Å²) in [6.45, 7) is 4.89. The first kappa shape index (κ1) is 15.0. The number of hydrogen-bond donors (Lipinski definition) is 2. The quantitative estimate of drug-likeness (QED) is 0.811. The molecule has 1 saturated carbocycles. The molecule has 20 heavy (non-hydrogen) atoms. The molecule has 5 heteroatoms. The fourth-order valence-electron chi connectivity index (χ4n) is 2.67. The molecule has 0 bridgehead atoms. The Morgan fingerprint density at radius 2 is 1.95 bits per heavy atom. The Kier molecular flexibility index (Phi) is 5.17. The summed E-state index contributed by atoms with van der Waals surface area (Å²) in [5.74, 6) is 1.97. The molecule has 0 aliphatic heterocycles. The highest BCUT2D eigenvalue weighted by Crippen LogP contribution is 2.27. The van der Waals surface area contributed by atoms with Crippen LogP contribution in [0.5, 0.6) is 5.88 Å². The predicted octanol–water partition coefficient (Wildman–Crippen LogP) is 2.68. The van der Waals surface area contributed by atoms with Crippen molar-refractivity contribution in [2.75, 3.05) is 18.5 Å². The normalized spacial score (nSPS) is 18.4. The third-order valence-electron chi connectivity index (χ3n) is 3.74. The molecule has 0 atom stereocenters. The van der Waals surface area contributed by atoms with Gasteiger partial charge in [-0.15, -0.1) is 0 Å². The zero-order chi connectivity index (χ0) is 14.4. The number of hydrogen-bond acceptors (Lipinski definition) is 5. The molecular weight excluding hydrogens is 254 g/mol. The maximum atomic E-state index is 10.6. The average molecular weight is 279 g/mol. The molecular formula is C15H25N3O2. The highest BCUT2D eigenvalue weighted by molar-refractivity contribution is 5.38. The maximum absolute atomic E-state index is 10.6. The molecule has 1 heterocycles. The summed E-state index contributed by atoms with van der Waals surface area (Å²) in [5.41, 5.74) is -0.610. The van der Waals surface area contributed by atoms with E-state index in [0.29, 0.717) is 24.9 Å². The molecule has 1 aromatic heterocycles. The minimum Gasteiger partial charge on any atom is -0.478 e. The Morgan fingerprint density at radius 3 is 2.60 bits per heavy atom. The molecule has 0 aromatic carbocycles. The number of nitrogens with one attached hydrogen (secondary N) is 1. The summed E-state index contributed by atoms with van der Waals surface area (Å²) in [7, 11) is 0. The number of rotatable bonds is 5. The highest BCUT2D eigenvalue weighted by atomic mass is 16.5. The van der Waals surface area contributed by atoms with Gasteiger partial charge in [-0.3, -0.25) is 0 Å². The Balaban J connectivity index is 1.98. The SMILES string of the molecule is CCOc1cc(NCC2(O)CCCCCC2)nc(C)n1. The van der Waals surface area contributed by atoms with Crippen LogP contribution in [-0.4, -0.2) is 33.8 Å². The van der Waals surface area contributed by atoms with Crippen LogP contribution >= 0.6 is 0 Å². The third kappa shape index (κ3) is 4.34. The van der Waals surface area contributed by atoms with Crippen molar-refractivity contribution in [1.82, 2.24) is 9.97 Å². The van der Waals surface area contributed by atoms with Crippen molar-refractivity contribution >= 4 is 5.82 Å². The summed E-state index contributed by atoms with van der Waals surface area (Å²) in [6.07, 6.45) is 6.38. The summed E-state index contributed by atoms with van der Waals surface area (Å²) < 4.78 is 5.41. The maximum Gasteiger partial charge on any atom is 0.218 e. The second kappa shape index (κ2) is 6.88. The number of nitrogens with zero attached hydrogens (tertiary/aromatic N) is 2. The number of ether oxygens (including phenoxy) is 1. The molecule has 1 aliphatic rings. The fraction of sp³-hybridized carbons (Fsp3) is 0.733. The van der Waals surface area contributed by atoms with E-state index in [1.54, 1.807) is 6.07 Å². The van der Waals surface area contributed by atoms with E-state index in [1.807, 2.05) is 13.8 Å². The van der Waals surface area contributed by atoms with Crippen molar-refractivity contribution in [3.63, 3.8) is 0 Å². The van der Waals surface area contributed by atoms with Gasteiger partial charge < -0.3 is 15.2 Å². The summed E-state index contributed by atoms with van der Waals surface area (Å²) in [5, 5.41) is 13.9. The van der Waals surface area contributed by atoms with Crippen LogP contribution in [0.2, 0.25) is 0 Å². The van der Waals surface area contributed by atoms with E-state index in [4.69, 9.17) is 4.74 Å². The van der Waals surface area contributed by atoms with Gasteiger partial charge >= 0.3 is 0 Å². The molecule has 1 fully saturated rings. The molecule has 0 saturated heterocycles. The van der Waals surface area contributed by atoms with Crippen molar-refractivity contribution in [1.29, 1.82) is 0 Å². The Morgan fingerprint density at radius 1 is 1.25 bits per heavy atom. The van der Waals surface area contributed by atoms with Gasteiger partial charge in [0.1, 0.15) is 11.6 Å². The number of aromatic nitrogens is 2. The van der Waals surface area contributed by atoms with E-state index in [9.17, 15) is 5.11 Å². The lowest BCUT2D eigenvalue weighted by Gasteiger charge is -2.27. The fourth-order valence-corrected chi connectivity index (χ4v) is 2.67. The van der Waals surface area contributed by atoms with Crippen LogP contribution in [0.4, 0.5) is 5.82 Å². The van der Waals surface area contributed by atoms with Gasteiger partial charge in [0.2, 0.25) is 5.88 Å². The molecule has 1 aromatic rings. The second-order valence-corrected chi connectivity index (χ2v) is 5.56. The van der Waals surface area contributed by atoms with Gasteiger partial charge in [0.05, 0.1) is 12.2 Å². The molecule has 0 amide bonds. The molecule has 0 radical (unpaired) electrons. The molecule has 0 spiro atoms. The van der Waals surface area contributed by atoms with E-state index in [-0.39, 0.29) is 0 Å². The van der Waals surface area contributed by atoms with Crippen LogP contribution in [0.3, 0.4) is 0 Å². The van der Waals surface area contributed by atoms with E-state index in [0.717, 1.165) is 31.5 Å². The smallest absolute Gasteiger partial charge is 0.218 e. The van der Waals surface area contributed by atoms with Gasteiger partial charge in [0.25, 0.3) is 0 Å². The molecule has 1 aliphatic carbocycles.